The third kappa shape index (κ3) is 2.66. The van der Waals surface area contributed by atoms with Crippen LogP contribution in [-0.2, 0) is 0 Å². The first kappa shape index (κ1) is 14.5. The van der Waals surface area contributed by atoms with Crippen LogP contribution in [0.4, 0.5) is 10.1 Å². The lowest BCUT2D eigenvalue weighted by molar-refractivity contribution is 0.634. The van der Waals surface area contributed by atoms with Crippen LogP contribution < -0.4 is 0 Å². The fraction of sp³-hybridized carbons (Fsp3) is 0.0588. The largest absolute Gasteiger partial charge is 0.235 e. The van der Waals surface area contributed by atoms with Crippen molar-refractivity contribution < 1.29 is 4.39 Å². The maximum absolute atomic E-state index is 13.8. The SMILES string of the molecule is [C-]#[N+]c1ccc(-c2cc(Br)n(-c3ccc(C)cc3)n2)cc1F. The van der Waals surface area contributed by atoms with E-state index in [4.69, 9.17) is 6.57 Å². The van der Waals surface area contributed by atoms with E-state index < -0.39 is 5.82 Å². The first-order chi connectivity index (χ1) is 10.6. The molecule has 0 N–H and O–H groups in total. The molecule has 0 fully saturated rings. The average Bonchev–Trinajstić information content (AvgIpc) is 2.90. The van der Waals surface area contributed by atoms with Gasteiger partial charge in [-0.2, -0.15) is 5.10 Å². The average molecular weight is 356 g/mol. The van der Waals surface area contributed by atoms with Crippen LogP contribution in [0.25, 0.3) is 21.8 Å². The highest BCUT2D eigenvalue weighted by atomic mass is 79.9. The predicted octanol–water partition coefficient (Wildman–Crippen LogP) is 5.30. The third-order valence-corrected chi connectivity index (χ3v) is 3.87. The van der Waals surface area contributed by atoms with Gasteiger partial charge in [-0.3, -0.25) is 0 Å². The van der Waals surface area contributed by atoms with Crippen molar-refractivity contribution in [1.82, 2.24) is 9.78 Å². The Morgan fingerprint density at radius 1 is 1.14 bits per heavy atom. The Balaban J connectivity index is 2.04. The number of benzene rings is 2. The number of aromatic nitrogens is 2. The summed E-state index contributed by atoms with van der Waals surface area (Å²) in [4.78, 5) is 3.12. The molecule has 3 rings (SSSR count). The highest BCUT2D eigenvalue weighted by Gasteiger charge is 2.11. The van der Waals surface area contributed by atoms with Crippen molar-refractivity contribution in [1.29, 1.82) is 0 Å². The summed E-state index contributed by atoms with van der Waals surface area (Å²) < 4.78 is 16.3. The zero-order valence-electron chi connectivity index (χ0n) is 11.7. The molecule has 0 radical (unpaired) electrons. The Morgan fingerprint density at radius 2 is 1.86 bits per heavy atom. The minimum absolute atomic E-state index is 0.0146. The van der Waals surface area contributed by atoms with E-state index in [1.165, 1.54) is 17.7 Å². The van der Waals surface area contributed by atoms with Crippen LogP contribution in [-0.4, -0.2) is 9.78 Å². The first-order valence-electron chi connectivity index (χ1n) is 6.58. The Hall–Kier alpha value is -2.45. The van der Waals surface area contributed by atoms with Crippen molar-refractivity contribution in [2.75, 3.05) is 0 Å². The molecule has 2 aromatic carbocycles. The molecule has 0 saturated heterocycles. The molecule has 0 aliphatic rings. The molecular weight excluding hydrogens is 345 g/mol. The molecular formula is C17H11BrFN3. The van der Waals surface area contributed by atoms with Crippen LogP contribution in [0.1, 0.15) is 5.56 Å². The van der Waals surface area contributed by atoms with Gasteiger partial charge in [-0.1, -0.05) is 29.8 Å². The fourth-order valence-corrected chi connectivity index (χ4v) is 2.62. The van der Waals surface area contributed by atoms with Crippen LogP contribution in [0.3, 0.4) is 0 Å². The summed E-state index contributed by atoms with van der Waals surface area (Å²) >= 11 is 3.47. The van der Waals surface area contributed by atoms with Crippen LogP contribution >= 0.6 is 15.9 Å². The number of aryl methyl sites for hydroxylation is 1. The topological polar surface area (TPSA) is 22.2 Å². The molecule has 0 aliphatic heterocycles. The van der Waals surface area contributed by atoms with Crippen LogP contribution in [0.15, 0.2) is 53.1 Å². The number of rotatable bonds is 2. The lowest BCUT2D eigenvalue weighted by Crippen LogP contribution is -1.96. The summed E-state index contributed by atoms with van der Waals surface area (Å²) in [6.45, 7) is 8.91. The lowest BCUT2D eigenvalue weighted by Gasteiger charge is -2.03. The minimum Gasteiger partial charge on any atom is -0.235 e. The van der Waals surface area contributed by atoms with Crippen molar-refractivity contribution in [3.8, 4) is 16.9 Å². The van der Waals surface area contributed by atoms with Gasteiger partial charge in [-0.05, 0) is 47.1 Å². The molecule has 0 aliphatic carbocycles. The van der Waals surface area contributed by atoms with E-state index in [-0.39, 0.29) is 5.69 Å². The molecule has 1 heterocycles. The molecule has 22 heavy (non-hydrogen) atoms. The molecule has 0 amide bonds. The normalized spacial score (nSPS) is 10.5. The Morgan fingerprint density at radius 3 is 2.50 bits per heavy atom. The quantitative estimate of drug-likeness (QED) is 0.571. The second-order valence-corrected chi connectivity index (χ2v) is 5.69. The summed E-state index contributed by atoms with van der Waals surface area (Å²) in [5.41, 5.74) is 3.38. The molecule has 0 saturated carbocycles. The Kier molecular flexibility index (Phi) is 3.78. The molecule has 5 heteroatoms. The standard InChI is InChI=1S/C17H11BrFN3/c1-11-3-6-13(7-4-11)22-17(18)10-16(21-22)12-5-8-15(20-2)14(19)9-12/h3-10H,1H3. The summed E-state index contributed by atoms with van der Waals surface area (Å²) in [7, 11) is 0. The molecule has 0 unspecified atom stereocenters. The highest BCUT2D eigenvalue weighted by molar-refractivity contribution is 9.10. The van der Waals surface area contributed by atoms with E-state index in [1.807, 2.05) is 37.3 Å². The van der Waals surface area contributed by atoms with Gasteiger partial charge in [0.25, 0.3) is 0 Å². The number of nitrogens with zero attached hydrogens (tertiary/aromatic N) is 3. The zero-order valence-corrected chi connectivity index (χ0v) is 13.3. The number of hydrogen-bond donors (Lipinski definition) is 0. The first-order valence-corrected chi connectivity index (χ1v) is 7.38. The van der Waals surface area contributed by atoms with Crippen LogP contribution in [0, 0.1) is 19.3 Å². The second-order valence-electron chi connectivity index (χ2n) is 4.88. The second kappa shape index (κ2) is 5.74. The maximum atomic E-state index is 13.8. The smallest absolute Gasteiger partial charge is 0.222 e. The van der Waals surface area contributed by atoms with Crippen molar-refractivity contribution in [3.63, 3.8) is 0 Å². The maximum Gasteiger partial charge on any atom is 0.222 e. The van der Waals surface area contributed by atoms with Gasteiger partial charge in [0, 0.05) is 5.56 Å². The van der Waals surface area contributed by atoms with Gasteiger partial charge in [0.15, 0.2) is 0 Å². The van der Waals surface area contributed by atoms with Gasteiger partial charge in [-0.25, -0.2) is 13.9 Å². The monoisotopic (exact) mass is 355 g/mol. The molecule has 0 spiro atoms. The van der Waals surface area contributed by atoms with Crippen molar-refractivity contribution in [2.45, 2.75) is 6.92 Å². The summed E-state index contributed by atoms with van der Waals surface area (Å²) in [6.07, 6.45) is 0. The molecule has 3 nitrogen and oxygen atoms in total. The van der Waals surface area contributed by atoms with Gasteiger partial charge in [0.2, 0.25) is 5.69 Å². The van der Waals surface area contributed by atoms with Gasteiger partial charge in [0.1, 0.15) is 10.4 Å². The lowest BCUT2D eigenvalue weighted by atomic mass is 10.1. The zero-order chi connectivity index (χ0) is 15.7. The van der Waals surface area contributed by atoms with Crippen LogP contribution in [0.2, 0.25) is 0 Å². The molecule has 108 valence electrons. The van der Waals surface area contributed by atoms with Gasteiger partial charge < -0.3 is 0 Å². The van der Waals surface area contributed by atoms with E-state index in [9.17, 15) is 4.39 Å². The Labute approximate surface area is 136 Å². The molecule has 1 aromatic heterocycles. The van der Waals surface area contributed by atoms with E-state index in [1.54, 1.807) is 10.7 Å². The molecule has 3 aromatic rings. The van der Waals surface area contributed by atoms with Crippen LogP contribution in [0.5, 0.6) is 0 Å². The van der Waals surface area contributed by atoms with E-state index >= 15 is 0 Å². The predicted molar refractivity (Wildman–Crippen MR) is 87.7 cm³/mol. The molecule has 0 bridgehead atoms. The minimum atomic E-state index is -0.534. The molecule has 0 atom stereocenters. The fourth-order valence-electron chi connectivity index (χ4n) is 2.12. The van der Waals surface area contributed by atoms with E-state index in [0.29, 0.717) is 11.3 Å². The number of hydrogen-bond acceptors (Lipinski definition) is 1. The van der Waals surface area contributed by atoms with Gasteiger partial charge in [-0.15, -0.1) is 0 Å². The van der Waals surface area contributed by atoms with E-state index in [0.717, 1.165) is 10.3 Å². The summed E-state index contributed by atoms with van der Waals surface area (Å²) in [6, 6.07) is 14.3. The van der Waals surface area contributed by atoms with Crippen molar-refractivity contribution in [2.24, 2.45) is 0 Å². The highest BCUT2D eigenvalue weighted by Crippen LogP contribution is 2.28. The van der Waals surface area contributed by atoms with Crippen molar-refractivity contribution >= 4 is 21.6 Å². The Bertz CT molecular complexity index is 876. The van der Waals surface area contributed by atoms with E-state index in [2.05, 4.69) is 25.9 Å². The third-order valence-electron chi connectivity index (χ3n) is 3.31. The van der Waals surface area contributed by atoms with Gasteiger partial charge >= 0.3 is 0 Å². The van der Waals surface area contributed by atoms with Crippen molar-refractivity contribution in [3.05, 3.63) is 75.9 Å². The summed E-state index contributed by atoms with van der Waals surface area (Å²) in [5, 5.41) is 4.50. The summed E-state index contributed by atoms with van der Waals surface area (Å²) in [5.74, 6) is -0.534. The van der Waals surface area contributed by atoms with Gasteiger partial charge in [0.05, 0.1) is 18.0 Å². The number of halogens is 2.